The van der Waals surface area contributed by atoms with Gasteiger partial charge in [-0.1, -0.05) is 39.0 Å². The molecule has 0 saturated carbocycles. The molecule has 1 heterocycles. The minimum Gasteiger partial charge on any atom is -0.457 e. The molecule has 0 aromatic heterocycles. The molecule has 0 bridgehead atoms. The Morgan fingerprint density at radius 1 is 1.20 bits per heavy atom. The van der Waals surface area contributed by atoms with E-state index < -0.39 is 0 Å². The van der Waals surface area contributed by atoms with Crippen LogP contribution in [0.5, 0.6) is 0 Å². The Hall–Kier alpha value is -0.0600. The third-order valence-electron chi connectivity index (χ3n) is 2.70. The fourth-order valence-corrected chi connectivity index (χ4v) is 2.31. The summed E-state index contributed by atoms with van der Waals surface area (Å²) in [6.45, 7) is 2.76. The van der Waals surface area contributed by atoms with Crippen molar-refractivity contribution in [3.63, 3.8) is 0 Å². The highest BCUT2D eigenvalue weighted by atomic mass is 127. The molecule has 0 amide bonds. The summed E-state index contributed by atoms with van der Waals surface area (Å²) < 4.78 is 5.77. The van der Waals surface area contributed by atoms with Gasteiger partial charge in [-0.05, 0) is 41.0 Å². The van der Waals surface area contributed by atoms with Gasteiger partial charge in [0, 0.05) is 0 Å². The standard InChI is InChI=1S/C12H19IO2/c1-2-3-4-5-6-7-8-10-9-15-12(14)11(10)13/h2-9H2,1H3. The lowest BCUT2D eigenvalue weighted by Gasteiger charge is -2.01. The molecule has 1 aliphatic rings. The van der Waals surface area contributed by atoms with Crippen molar-refractivity contribution in [3.05, 3.63) is 9.15 Å². The first kappa shape index (κ1) is 13.0. The monoisotopic (exact) mass is 322 g/mol. The van der Waals surface area contributed by atoms with Gasteiger partial charge in [-0.2, -0.15) is 0 Å². The van der Waals surface area contributed by atoms with Gasteiger partial charge >= 0.3 is 5.97 Å². The maximum Gasteiger partial charge on any atom is 0.344 e. The lowest BCUT2D eigenvalue weighted by atomic mass is 10.1. The number of rotatable bonds is 7. The number of unbranched alkanes of at least 4 members (excludes halogenated alkanes) is 5. The molecule has 15 heavy (non-hydrogen) atoms. The first-order valence-electron chi connectivity index (χ1n) is 5.80. The molecule has 0 aromatic carbocycles. The van der Waals surface area contributed by atoms with Gasteiger partial charge in [0.15, 0.2) is 0 Å². The molecule has 0 N–H and O–H groups in total. The quantitative estimate of drug-likeness (QED) is 0.402. The van der Waals surface area contributed by atoms with Crippen LogP contribution in [0.4, 0.5) is 0 Å². The maximum absolute atomic E-state index is 11.1. The number of ether oxygens (including phenoxy) is 1. The van der Waals surface area contributed by atoms with Crippen LogP contribution in [0.3, 0.4) is 0 Å². The van der Waals surface area contributed by atoms with E-state index in [-0.39, 0.29) is 5.97 Å². The molecule has 0 radical (unpaired) electrons. The van der Waals surface area contributed by atoms with Crippen LogP contribution >= 0.6 is 22.6 Å². The Kier molecular flexibility index (Phi) is 6.29. The summed E-state index contributed by atoms with van der Waals surface area (Å²) in [5.41, 5.74) is 1.20. The molecule has 0 saturated heterocycles. The summed E-state index contributed by atoms with van der Waals surface area (Å²) >= 11 is 2.10. The number of halogens is 1. The Bertz CT molecular complexity index is 246. The number of carbonyl (C=O) groups excluding carboxylic acids is 1. The van der Waals surface area contributed by atoms with Crippen molar-refractivity contribution in [2.75, 3.05) is 6.61 Å². The van der Waals surface area contributed by atoms with Crippen molar-refractivity contribution in [2.24, 2.45) is 0 Å². The molecule has 0 atom stereocenters. The molecule has 0 aliphatic carbocycles. The molecule has 3 heteroatoms. The molecule has 1 rings (SSSR count). The second-order valence-corrected chi connectivity index (χ2v) is 5.09. The summed E-state index contributed by atoms with van der Waals surface area (Å²) in [4.78, 5) is 11.1. The van der Waals surface area contributed by atoms with Crippen LogP contribution in [0.15, 0.2) is 9.15 Å². The van der Waals surface area contributed by atoms with Crippen LogP contribution in [0.1, 0.15) is 51.9 Å². The molecule has 0 aromatic rings. The zero-order valence-corrected chi connectivity index (χ0v) is 11.5. The molecule has 0 spiro atoms. The summed E-state index contributed by atoms with van der Waals surface area (Å²) in [5, 5.41) is 0. The Morgan fingerprint density at radius 2 is 1.87 bits per heavy atom. The van der Waals surface area contributed by atoms with E-state index in [1.54, 1.807) is 0 Å². The zero-order valence-electron chi connectivity index (χ0n) is 9.35. The smallest absolute Gasteiger partial charge is 0.344 e. The normalized spacial score (nSPS) is 16.0. The molecule has 1 aliphatic heterocycles. The van der Waals surface area contributed by atoms with E-state index in [0.29, 0.717) is 6.61 Å². The van der Waals surface area contributed by atoms with Crippen LogP contribution in [0, 0.1) is 0 Å². The maximum atomic E-state index is 11.1. The van der Waals surface area contributed by atoms with E-state index in [1.165, 1.54) is 44.1 Å². The number of hydrogen-bond donors (Lipinski definition) is 0. The third-order valence-corrected chi connectivity index (χ3v) is 3.90. The van der Waals surface area contributed by atoms with E-state index in [0.717, 1.165) is 10.0 Å². The average Bonchev–Trinajstić information content (AvgIpc) is 2.54. The van der Waals surface area contributed by atoms with Crippen molar-refractivity contribution in [1.82, 2.24) is 0 Å². The number of cyclic esters (lactones) is 1. The minimum atomic E-state index is -0.128. The van der Waals surface area contributed by atoms with Gasteiger partial charge in [0.25, 0.3) is 0 Å². The lowest BCUT2D eigenvalue weighted by molar-refractivity contribution is -0.135. The topological polar surface area (TPSA) is 26.3 Å². The first-order valence-corrected chi connectivity index (χ1v) is 6.88. The van der Waals surface area contributed by atoms with E-state index >= 15 is 0 Å². The van der Waals surface area contributed by atoms with Crippen LogP contribution < -0.4 is 0 Å². The molecule has 2 nitrogen and oxygen atoms in total. The Morgan fingerprint density at radius 3 is 2.47 bits per heavy atom. The first-order chi connectivity index (χ1) is 7.25. The zero-order chi connectivity index (χ0) is 11.1. The van der Waals surface area contributed by atoms with Crippen molar-refractivity contribution in [3.8, 4) is 0 Å². The van der Waals surface area contributed by atoms with E-state index in [1.807, 2.05) is 0 Å². The number of esters is 1. The van der Waals surface area contributed by atoms with Crippen LogP contribution in [0.25, 0.3) is 0 Å². The van der Waals surface area contributed by atoms with E-state index in [2.05, 4.69) is 29.5 Å². The third kappa shape index (κ3) is 4.53. The summed E-state index contributed by atoms with van der Waals surface area (Å²) in [7, 11) is 0. The largest absolute Gasteiger partial charge is 0.457 e. The van der Waals surface area contributed by atoms with Gasteiger partial charge in [-0.25, -0.2) is 4.79 Å². The van der Waals surface area contributed by atoms with Crippen LogP contribution in [-0.2, 0) is 9.53 Å². The highest BCUT2D eigenvalue weighted by Gasteiger charge is 2.21. The van der Waals surface area contributed by atoms with Gasteiger partial charge in [-0.15, -0.1) is 0 Å². The SMILES string of the molecule is CCCCCCCCC1=C(I)C(=O)OC1. The second kappa shape index (κ2) is 7.25. The fourth-order valence-electron chi connectivity index (χ4n) is 1.72. The van der Waals surface area contributed by atoms with Gasteiger partial charge in [-0.3, -0.25) is 0 Å². The predicted octanol–water partition coefficient (Wildman–Crippen LogP) is 3.98. The van der Waals surface area contributed by atoms with Gasteiger partial charge < -0.3 is 4.74 Å². The van der Waals surface area contributed by atoms with Gasteiger partial charge in [0.05, 0.1) is 0 Å². The summed E-state index contributed by atoms with van der Waals surface area (Å²) in [6.07, 6.45) is 8.84. The van der Waals surface area contributed by atoms with Gasteiger partial charge in [0.1, 0.15) is 10.2 Å². The fraction of sp³-hybridized carbons (Fsp3) is 0.750. The molecule has 0 unspecified atom stereocenters. The number of carbonyl (C=O) groups is 1. The van der Waals surface area contributed by atoms with Crippen molar-refractivity contribution >= 4 is 28.6 Å². The Labute approximate surface area is 106 Å². The van der Waals surface area contributed by atoms with Crippen molar-refractivity contribution < 1.29 is 9.53 Å². The summed E-state index contributed by atoms with van der Waals surface area (Å²) in [5.74, 6) is -0.128. The minimum absolute atomic E-state index is 0.128. The number of hydrogen-bond acceptors (Lipinski definition) is 2. The highest BCUT2D eigenvalue weighted by molar-refractivity contribution is 14.1. The lowest BCUT2D eigenvalue weighted by Crippen LogP contribution is -1.93. The predicted molar refractivity (Wildman–Crippen MR) is 70.0 cm³/mol. The molecular formula is C12H19IO2. The average molecular weight is 322 g/mol. The molecule has 86 valence electrons. The highest BCUT2D eigenvalue weighted by Crippen LogP contribution is 2.26. The van der Waals surface area contributed by atoms with E-state index in [9.17, 15) is 4.79 Å². The summed E-state index contributed by atoms with van der Waals surface area (Å²) in [6, 6.07) is 0. The van der Waals surface area contributed by atoms with Crippen molar-refractivity contribution in [2.45, 2.75) is 51.9 Å². The van der Waals surface area contributed by atoms with E-state index in [4.69, 9.17) is 4.74 Å². The second-order valence-electron chi connectivity index (χ2n) is 4.01. The molecule has 0 fully saturated rings. The van der Waals surface area contributed by atoms with Crippen molar-refractivity contribution in [1.29, 1.82) is 0 Å². The Balaban J connectivity index is 2.08. The van der Waals surface area contributed by atoms with Crippen LogP contribution in [-0.4, -0.2) is 12.6 Å². The van der Waals surface area contributed by atoms with Crippen LogP contribution in [0.2, 0.25) is 0 Å². The molecular weight excluding hydrogens is 303 g/mol. The van der Waals surface area contributed by atoms with Gasteiger partial charge in [0.2, 0.25) is 0 Å².